The van der Waals surface area contributed by atoms with Crippen LogP contribution in [0.15, 0.2) is 22.7 Å². The lowest BCUT2D eigenvalue weighted by Crippen LogP contribution is -2.16. The Kier molecular flexibility index (Phi) is 3.89. The van der Waals surface area contributed by atoms with Crippen molar-refractivity contribution in [1.29, 1.82) is 0 Å². The van der Waals surface area contributed by atoms with E-state index in [0.717, 1.165) is 6.07 Å². The molecule has 0 bridgehead atoms. The fraction of sp³-hybridized carbons (Fsp3) is 0.273. The lowest BCUT2D eigenvalue weighted by Gasteiger charge is -2.04. The number of nitrogens with zero attached hydrogens (tertiary/aromatic N) is 2. The minimum absolute atomic E-state index is 0.0160. The molecule has 1 aromatic carbocycles. The Hall–Kier alpha value is -2.16. The lowest BCUT2D eigenvalue weighted by molar-refractivity contribution is -0.177. The molecule has 0 fully saturated rings. The van der Waals surface area contributed by atoms with E-state index in [2.05, 4.69) is 14.9 Å². The van der Waals surface area contributed by atoms with E-state index in [1.807, 2.05) is 0 Å². The summed E-state index contributed by atoms with van der Waals surface area (Å²) in [6, 6.07) is 3.76. The molecule has 0 saturated carbocycles. The fourth-order valence-corrected chi connectivity index (χ4v) is 1.36. The molecule has 0 aliphatic carbocycles. The van der Waals surface area contributed by atoms with Crippen LogP contribution in [-0.2, 0) is 11.3 Å². The van der Waals surface area contributed by atoms with Gasteiger partial charge in [0.25, 0.3) is 5.89 Å². The molecule has 108 valence electrons. The Bertz CT molecular complexity index is 598. The second-order valence-corrected chi connectivity index (χ2v) is 3.86. The van der Waals surface area contributed by atoms with Crippen LogP contribution in [0, 0.1) is 5.82 Å². The van der Waals surface area contributed by atoms with Crippen LogP contribution >= 0.6 is 0 Å². The molecule has 2 N–H and O–H groups in total. The quantitative estimate of drug-likeness (QED) is 0.692. The number of halogens is 4. The maximum Gasteiger partial charge on any atom is 0.411 e. The van der Waals surface area contributed by atoms with Crippen molar-refractivity contribution in [2.45, 2.75) is 12.8 Å². The highest BCUT2D eigenvalue weighted by Gasteiger charge is 2.27. The van der Waals surface area contributed by atoms with E-state index in [4.69, 9.17) is 10.3 Å². The normalized spacial score (nSPS) is 11.8. The van der Waals surface area contributed by atoms with Gasteiger partial charge in [-0.3, -0.25) is 0 Å². The molecule has 2 aromatic rings. The van der Waals surface area contributed by atoms with E-state index < -0.39 is 25.2 Å². The molecule has 5 nitrogen and oxygen atoms in total. The van der Waals surface area contributed by atoms with Gasteiger partial charge in [0, 0.05) is 5.56 Å². The first-order valence-corrected chi connectivity index (χ1v) is 5.37. The number of hydrogen-bond acceptors (Lipinski definition) is 5. The molecule has 2 rings (SSSR count). The smallest absolute Gasteiger partial charge is 0.396 e. The Labute approximate surface area is 110 Å². The largest absolute Gasteiger partial charge is 0.411 e. The van der Waals surface area contributed by atoms with Crippen molar-refractivity contribution >= 4 is 5.69 Å². The maximum absolute atomic E-state index is 13.0. The minimum atomic E-state index is -4.42. The minimum Gasteiger partial charge on any atom is -0.396 e. The fourth-order valence-electron chi connectivity index (χ4n) is 1.36. The van der Waals surface area contributed by atoms with E-state index in [9.17, 15) is 17.6 Å². The molecule has 0 spiro atoms. The number of anilines is 1. The topological polar surface area (TPSA) is 74.2 Å². The first-order valence-electron chi connectivity index (χ1n) is 5.37. The summed E-state index contributed by atoms with van der Waals surface area (Å²) in [7, 11) is 0. The zero-order valence-corrected chi connectivity index (χ0v) is 9.95. The van der Waals surface area contributed by atoms with Crippen LogP contribution in [0.25, 0.3) is 11.5 Å². The molecule has 0 saturated heterocycles. The third kappa shape index (κ3) is 3.67. The number of rotatable bonds is 4. The predicted molar refractivity (Wildman–Crippen MR) is 59.8 cm³/mol. The number of ether oxygens (including phenoxy) is 1. The van der Waals surface area contributed by atoms with E-state index in [1.54, 1.807) is 0 Å². The molecule has 0 amide bonds. The van der Waals surface area contributed by atoms with E-state index >= 15 is 0 Å². The average Bonchev–Trinajstić information content (AvgIpc) is 2.80. The Morgan fingerprint density at radius 2 is 2.05 bits per heavy atom. The first kappa shape index (κ1) is 14.3. The number of hydrogen-bond donors (Lipinski definition) is 1. The van der Waals surface area contributed by atoms with Gasteiger partial charge in [0.15, 0.2) is 5.82 Å². The number of nitrogens with two attached hydrogens (primary N) is 1. The highest BCUT2D eigenvalue weighted by Crippen LogP contribution is 2.22. The summed E-state index contributed by atoms with van der Waals surface area (Å²) in [6.07, 6.45) is -4.42. The van der Waals surface area contributed by atoms with Crippen molar-refractivity contribution in [3.8, 4) is 11.5 Å². The van der Waals surface area contributed by atoms with Crippen molar-refractivity contribution in [3.05, 3.63) is 29.8 Å². The predicted octanol–water partition coefficient (Wildman–Crippen LogP) is 2.54. The molecule has 20 heavy (non-hydrogen) atoms. The highest BCUT2D eigenvalue weighted by atomic mass is 19.4. The molecule has 1 aromatic heterocycles. The SMILES string of the molecule is Nc1cc(-c2nc(COCC(F)(F)F)no2)ccc1F. The monoisotopic (exact) mass is 291 g/mol. The van der Waals surface area contributed by atoms with Gasteiger partial charge in [0.05, 0.1) is 5.69 Å². The standard InChI is InChI=1S/C11H9F4N3O2/c12-7-2-1-6(3-8(7)16)10-17-9(18-20-10)4-19-5-11(13,14)15/h1-3H,4-5,16H2. The molecule has 0 unspecified atom stereocenters. The molecular formula is C11H9F4N3O2. The van der Waals surface area contributed by atoms with Crippen molar-refractivity contribution in [1.82, 2.24) is 10.1 Å². The summed E-state index contributed by atoms with van der Waals surface area (Å²) in [5, 5.41) is 3.45. The number of alkyl halides is 3. The van der Waals surface area contributed by atoms with Gasteiger partial charge in [-0.2, -0.15) is 18.2 Å². The van der Waals surface area contributed by atoms with Crippen LogP contribution < -0.4 is 5.73 Å². The van der Waals surface area contributed by atoms with Crippen LogP contribution in [0.2, 0.25) is 0 Å². The van der Waals surface area contributed by atoms with E-state index in [-0.39, 0.29) is 17.4 Å². The second kappa shape index (κ2) is 5.45. The summed E-state index contributed by atoms with van der Waals surface area (Å²) < 4.78 is 57.8. The molecule has 0 atom stereocenters. The van der Waals surface area contributed by atoms with Crippen molar-refractivity contribution in [2.24, 2.45) is 0 Å². The van der Waals surface area contributed by atoms with Crippen molar-refractivity contribution < 1.29 is 26.8 Å². The molecule has 0 radical (unpaired) electrons. The Morgan fingerprint density at radius 1 is 1.30 bits per heavy atom. The van der Waals surface area contributed by atoms with Crippen molar-refractivity contribution in [2.75, 3.05) is 12.3 Å². The molecule has 9 heteroatoms. The first-order chi connectivity index (χ1) is 9.35. The lowest BCUT2D eigenvalue weighted by atomic mass is 10.2. The zero-order valence-electron chi connectivity index (χ0n) is 9.95. The van der Waals surface area contributed by atoms with Crippen molar-refractivity contribution in [3.63, 3.8) is 0 Å². The van der Waals surface area contributed by atoms with Crippen LogP contribution in [-0.4, -0.2) is 22.9 Å². The van der Waals surface area contributed by atoms with Crippen LogP contribution in [0.1, 0.15) is 5.82 Å². The van der Waals surface area contributed by atoms with Gasteiger partial charge in [-0.15, -0.1) is 0 Å². The summed E-state index contributed by atoms with van der Waals surface area (Å²) in [5.74, 6) is -0.628. The van der Waals surface area contributed by atoms with Gasteiger partial charge in [0.2, 0.25) is 0 Å². The van der Waals surface area contributed by atoms with Gasteiger partial charge in [-0.05, 0) is 18.2 Å². The number of benzene rings is 1. The Balaban J connectivity index is 2.03. The average molecular weight is 291 g/mol. The number of nitrogen functional groups attached to an aromatic ring is 1. The summed E-state index contributed by atoms with van der Waals surface area (Å²) in [4.78, 5) is 3.82. The summed E-state index contributed by atoms with van der Waals surface area (Å²) in [6.45, 7) is -1.85. The van der Waals surface area contributed by atoms with Gasteiger partial charge >= 0.3 is 6.18 Å². The van der Waals surface area contributed by atoms with Gasteiger partial charge in [-0.25, -0.2) is 4.39 Å². The summed E-state index contributed by atoms with van der Waals surface area (Å²) in [5.41, 5.74) is 5.64. The Morgan fingerprint density at radius 3 is 2.70 bits per heavy atom. The zero-order chi connectivity index (χ0) is 14.8. The third-order valence-electron chi connectivity index (χ3n) is 2.21. The third-order valence-corrected chi connectivity index (χ3v) is 2.21. The van der Waals surface area contributed by atoms with Crippen LogP contribution in [0.3, 0.4) is 0 Å². The van der Waals surface area contributed by atoms with E-state index in [1.165, 1.54) is 12.1 Å². The van der Waals surface area contributed by atoms with Crippen LogP contribution in [0.4, 0.5) is 23.2 Å². The summed E-state index contributed by atoms with van der Waals surface area (Å²) >= 11 is 0. The van der Waals surface area contributed by atoms with Gasteiger partial charge in [0.1, 0.15) is 19.0 Å². The number of aromatic nitrogens is 2. The van der Waals surface area contributed by atoms with E-state index in [0.29, 0.717) is 5.56 Å². The van der Waals surface area contributed by atoms with Gasteiger partial charge in [-0.1, -0.05) is 5.16 Å². The maximum atomic E-state index is 13.0. The van der Waals surface area contributed by atoms with Gasteiger partial charge < -0.3 is 15.0 Å². The molecule has 0 aliphatic rings. The van der Waals surface area contributed by atoms with Crippen LogP contribution in [0.5, 0.6) is 0 Å². The molecule has 1 heterocycles. The molecule has 0 aliphatic heterocycles. The highest BCUT2D eigenvalue weighted by molar-refractivity contribution is 5.59. The second-order valence-electron chi connectivity index (χ2n) is 3.86. The molecular weight excluding hydrogens is 282 g/mol.